The fourth-order valence-corrected chi connectivity index (χ4v) is 4.52. The molecule has 0 aromatic heterocycles. The van der Waals surface area contributed by atoms with Gasteiger partial charge >= 0.3 is 5.97 Å². The molecular weight excluding hydrogens is 436 g/mol. The lowest BCUT2D eigenvalue weighted by molar-refractivity contribution is -0.150. The molecule has 0 aliphatic heterocycles. The summed E-state index contributed by atoms with van der Waals surface area (Å²) in [6, 6.07) is 16.3. The third kappa shape index (κ3) is 6.61. The van der Waals surface area contributed by atoms with E-state index in [0.29, 0.717) is 19.6 Å². The zero-order valence-electron chi connectivity index (χ0n) is 20.4. The Labute approximate surface area is 208 Å². The number of hydrogen-bond acceptors (Lipinski definition) is 3. The highest BCUT2D eigenvalue weighted by molar-refractivity contribution is 5.89. The number of unbranched alkanes of at least 4 members (excludes halogenated alkanes) is 1. The Hall–Kier alpha value is -3.37. The number of aliphatic carboxylic acids is 1. The van der Waals surface area contributed by atoms with Gasteiger partial charge in [-0.2, -0.15) is 0 Å². The van der Waals surface area contributed by atoms with Crippen molar-refractivity contribution in [2.75, 3.05) is 13.2 Å². The van der Waals surface area contributed by atoms with Gasteiger partial charge in [-0.3, -0.25) is 0 Å². The number of benzene rings is 2. The van der Waals surface area contributed by atoms with Crippen LogP contribution in [0.4, 0.5) is 0 Å². The lowest BCUT2D eigenvalue weighted by Gasteiger charge is -2.15. The molecule has 0 amide bonds. The van der Waals surface area contributed by atoms with Gasteiger partial charge in [-0.15, -0.1) is 0 Å². The summed E-state index contributed by atoms with van der Waals surface area (Å²) in [5.74, 6) is -0.127. The van der Waals surface area contributed by atoms with E-state index in [1.54, 1.807) is 0 Å². The van der Waals surface area contributed by atoms with Crippen LogP contribution in [0, 0.1) is 0 Å². The quantitative estimate of drug-likeness (QED) is 0.358. The maximum absolute atomic E-state index is 11.4. The molecule has 0 fully saturated rings. The van der Waals surface area contributed by atoms with E-state index in [1.165, 1.54) is 27.8 Å². The van der Waals surface area contributed by atoms with Gasteiger partial charge in [0.15, 0.2) is 6.10 Å². The monoisotopic (exact) mass is 470 g/mol. The molecule has 2 aromatic rings. The second-order valence-electron chi connectivity index (χ2n) is 8.95. The zero-order valence-corrected chi connectivity index (χ0v) is 20.4. The minimum absolute atomic E-state index is 0.353. The van der Waals surface area contributed by atoms with Gasteiger partial charge < -0.3 is 14.6 Å². The molecule has 4 heteroatoms. The van der Waals surface area contributed by atoms with Gasteiger partial charge in [-0.25, -0.2) is 4.79 Å². The van der Waals surface area contributed by atoms with Crippen LogP contribution in [0.2, 0.25) is 0 Å². The van der Waals surface area contributed by atoms with Gasteiger partial charge in [0.2, 0.25) is 0 Å². The minimum Gasteiger partial charge on any atom is -0.494 e. The maximum Gasteiger partial charge on any atom is 0.333 e. The Bertz CT molecular complexity index is 1130. The van der Waals surface area contributed by atoms with Crippen molar-refractivity contribution < 1.29 is 19.4 Å². The molecule has 1 atom stereocenters. The number of carbonyl (C=O) groups is 1. The van der Waals surface area contributed by atoms with Crippen LogP contribution < -0.4 is 4.74 Å². The molecule has 4 nitrogen and oxygen atoms in total. The summed E-state index contributed by atoms with van der Waals surface area (Å²) in [6.07, 6.45) is 15.7. The molecule has 1 unspecified atom stereocenters. The predicted molar refractivity (Wildman–Crippen MR) is 141 cm³/mol. The average Bonchev–Trinajstić information content (AvgIpc) is 3.04. The van der Waals surface area contributed by atoms with Crippen molar-refractivity contribution in [1.29, 1.82) is 0 Å². The summed E-state index contributed by atoms with van der Waals surface area (Å²) in [6.45, 7) is 3.05. The van der Waals surface area contributed by atoms with Crippen molar-refractivity contribution in [2.24, 2.45) is 0 Å². The van der Waals surface area contributed by atoms with Crippen molar-refractivity contribution in [3.05, 3.63) is 101 Å². The van der Waals surface area contributed by atoms with Crippen molar-refractivity contribution >= 4 is 17.1 Å². The molecule has 2 aliphatic carbocycles. The fourth-order valence-electron chi connectivity index (χ4n) is 4.52. The van der Waals surface area contributed by atoms with Crippen LogP contribution in [0.1, 0.15) is 55.7 Å². The van der Waals surface area contributed by atoms with E-state index in [2.05, 4.69) is 54.6 Å². The van der Waals surface area contributed by atoms with E-state index in [4.69, 9.17) is 9.47 Å². The van der Waals surface area contributed by atoms with Crippen molar-refractivity contribution in [3.63, 3.8) is 0 Å². The lowest BCUT2D eigenvalue weighted by atomic mass is 9.89. The number of fused-ring (bicyclic) bond motifs is 2. The van der Waals surface area contributed by atoms with Gasteiger partial charge in [0.1, 0.15) is 5.75 Å². The molecule has 1 N–H and O–H groups in total. The number of carboxylic acids is 1. The van der Waals surface area contributed by atoms with Crippen LogP contribution in [-0.4, -0.2) is 30.4 Å². The summed E-state index contributed by atoms with van der Waals surface area (Å²) < 4.78 is 11.4. The molecule has 2 aromatic carbocycles. The summed E-state index contributed by atoms with van der Waals surface area (Å²) in [4.78, 5) is 11.4. The normalized spacial score (nSPS) is 16.5. The number of ether oxygens (including phenoxy) is 2. The zero-order chi connectivity index (χ0) is 24.5. The van der Waals surface area contributed by atoms with Crippen LogP contribution in [-0.2, 0) is 16.0 Å². The Morgan fingerprint density at radius 2 is 1.83 bits per heavy atom. The Morgan fingerprint density at radius 1 is 1.03 bits per heavy atom. The number of rotatable bonds is 11. The average molecular weight is 471 g/mol. The molecule has 0 heterocycles. The Balaban J connectivity index is 1.30. The largest absolute Gasteiger partial charge is 0.494 e. The summed E-state index contributed by atoms with van der Waals surface area (Å²) in [5.41, 5.74) is 7.63. The third-order valence-corrected chi connectivity index (χ3v) is 6.34. The van der Waals surface area contributed by atoms with Crippen LogP contribution >= 0.6 is 0 Å². The van der Waals surface area contributed by atoms with Crippen molar-refractivity contribution in [2.45, 2.75) is 51.6 Å². The Kier molecular flexibility index (Phi) is 8.74. The van der Waals surface area contributed by atoms with Crippen LogP contribution in [0.3, 0.4) is 0 Å². The third-order valence-electron chi connectivity index (χ3n) is 6.34. The first-order valence-electron chi connectivity index (χ1n) is 12.6. The highest BCUT2D eigenvalue weighted by atomic mass is 16.5. The molecule has 182 valence electrons. The van der Waals surface area contributed by atoms with Crippen LogP contribution in [0.15, 0.2) is 84.5 Å². The molecule has 4 rings (SSSR count). The summed E-state index contributed by atoms with van der Waals surface area (Å²) in [7, 11) is 0. The first-order chi connectivity index (χ1) is 17.2. The molecule has 0 radical (unpaired) electrons. The number of hydrogen-bond donors (Lipinski definition) is 1. The summed E-state index contributed by atoms with van der Waals surface area (Å²) >= 11 is 0. The molecule has 0 spiro atoms. The maximum atomic E-state index is 11.4. The SMILES string of the molecule is CCCOC(Cc1ccc(OCCCC=C2C=CC3=C(CCC=C3)c3ccccc32)cc1)C(=O)O. The number of carboxylic acid groups (broad SMARTS) is 1. The lowest BCUT2D eigenvalue weighted by Crippen LogP contribution is -2.26. The van der Waals surface area contributed by atoms with Gasteiger partial charge in [-0.05, 0) is 77.6 Å². The standard InChI is InChI=1S/C31H34O4/c1-2-20-35-30(31(32)33)22-23-14-18-26(19-15-23)34-21-8-7-10-25-17-16-24-9-3-4-11-27(24)29-13-6-5-12-28(25)29/h3,5-6,9-10,12-19,30H,2,4,7-8,11,20-22H2,1H3,(H,32,33). The van der Waals surface area contributed by atoms with Crippen LogP contribution in [0.5, 0.6) is 5.75 Å². The molecule has 0 saturated carbocycles. The van der Waals surface area contributed by atoms with Gasteiger partial charge in [0.05, 0.1) is 6.61 Å². The van der Waals surface area contributed by atoms with E-state index in [0.717, 1.165) is 43.4 Å². The van der Waals surface area contributed by atoms with E-state index in [9.17, 15) is 9.90 Å². The predicted octanol–water partition coefficient (Wildman–Crippen LogP) is 7.02. The molecular formula is C31H34O4. The van der Waals surface area contributed by atoms with E-state index in [-0.39, 0.29) is 0 Å². The molecule has 0 saturated heterocycles. The second-order valence-corrected chi connectivity index (χ2v) is 8.95. The van der Waals surface area contributed by atoms with Gasteiger partial charge in [0.25, 0.3) is 0 Å². The first-order valence-corrected chi connectivity index (χ1v) is 12.6. The second kappa shape index (κ2) is 12.4. The Morgan fingerprint density at radius 3 is 2.60 bits per heavy atom. The topological polar surface area (TPSA) is 55.8 Å². The number of allylic oxidation sites excluding steroid dienone is 8. The molecule has 0 bridgehead atoms. The summed E-state index contributed by atoms with van der Waals surface area (Å²) in [5, 5.41) is 9.34. The smallest absolute Gasteiger partial charge is 0.333 e. The van der Waals surface area contributed by atoms with Gasteiger partial charge in [-0.1, -0.05) is 73.7 Å². The van der Waals surface area contributed by atoms with Crippen LogP contribution in [0.25, 0.3) is 11.1 Å². The minimum atomic E-state index is -0.925. The van der Waals surface area contributed by atoms with E-state index < -0.39 is 12.1 Å². The highest BCUT2D eigenvalue weighted by Crippen LogP contribution is 2.37. The van der Waals surface area contributed by atoms with Crippen molar-refractivity contribution in [1.82, 2.24) is 0 Å². The molecule has 2 aliphatic rings. The van der Waals surface area contributed by atoms with Crippen molar-refractivity contribution in [3.8, 4) is 5.75 Å². The highest BCUT2D eigenvalue weighted by Gasteiger charge is 2.18. The van der Waals surface area contributed by atoms with Gasteiger partial charge in [0, 0.05) is 13.0 Å². The first kappa shape index (κ1) is 24.7. The fraction of sp³-hybridized carbons (Fsp3) is 0.323. The van der Waals surface area contributed by atoms with E-state index in [1.807, 2.05) is 31.2 Å². The van der Waals surface area contributed by atoms with E-state index >= 15 is 0 Å². The molecule has 35 heavy (non-hydrogen) atoms.